The van der Waals surface area contributed by atoms with E-state index >= 15 is 0 Å². The number of hydrogen-bond donors (Lipinski definition) is 1. The Labute approximate surface area is 147 Å². The minimum atomic E-state index is -0.583. The minimum absolute atomic E-state index is 0.207. The van der Waals surface area contributed by atoms with Gasteiger partial charge in [-0.25, -0.2) is 4.79 Å². The maximum Gasteiger partial charge on any atom is 0.410 e. The van der Waals surface area contributed by atoms with Crippen molar-refractivity contribution >= 4 is 28.6 Å². The summed E-state index contributed by atoms with van der Waals surface area (Å²) in [6.07, 6.45) is 2.66. The molecule has 132 valence electrons. The largest absolute Gasteiger partial charge is 0.444 e. The molecule has 1 fully saturated rings. The minimum Gasteiger partial charge on any atom is -0.444 e. The van der Waals surface area contributed by atoms with Crippen molar-refractivity contribution < 1.29 is 14.3 Å². The number of amides is 2. The average molecular weight is 341 g/mol. The zero-order chi connectivity index (χ0) is 18.0. The Kier molecular flexibility index (Phi) is 4.61. The van der Waals surface area contributed by atoms with Gasteiger partial charge in [0, 0.05) is 18.1 Å². The number of para-hydroxylation sites is 1. The molecule has 0 bridgehead atoms. The highest BCUT2D eigenvalue weighted by Gasteiger charge is 2.36. The summed E-state index contributed by atoms with van der Waals surface area (Å²) in [5, 5.41) is 3.88. The van der Waals surface area contributed by atoms with Crippen LogP contribution in [0.25, 0.3) is 10.9 Å². The van der Waals surface area contributed by atoms with Crippen LogP contribution in [0.4, 0.5) is 10.5 Å². The Bertz CT molecular complexity index is 793. The van der Waals surface area contributed by atoms with Crippen molar-refractivity contribution in [3.05, 3.63) is 36.5 Å². The number of aromatic nitrogens is 1. The molecule has 1 saturated heterocycles. The van der Waals surface area contributed by atoms with Crippen molar-refractivity contribution in [2.24, 2.45) is 0 Å². The van der Waals surface area contributed by atoms with Gasteiger partial charge in [-0.3, -0.25) is 14.7 Å². The second-order valence-corrected chi connectivity index (χ2v) is 7.20. The van der Waals surface area contributed by atoms with E-state index in [2.05, 4.69) is 10.3 Å². The maximum absolute atomic E-state index is 12.8. The van der Waals surface area contributed by atoms with Crippen molar-refractivity contribution in [1.82, 2.24) is 9.88 Å². The quantitative estimate of drug-likeness (QED) is 0.906. The highest BCUT2D eigenvalue weighted by Crippen LogP contribution is 2.25. The summed E-state index contributed by atoms with van der Waals surface area (Å²) in [7, 11) is 0. The fourth-order valence-corrected chi connectivity index (χ4v) is 3.00. The molecule has 6 heteroatoms. The Hall–Kier alpha value is -2.63. The maximum atomic E-state index is 12.8. The van der Waals surface area contributed by atoms with Gasteiger partial charge >= 0.3 is 6.09 Å². The lowest BCUT2D eigenvalue weighted by Crippen LogP contribution is -2.45. The van der Waals surface area contributed by atoms with E-state index < -0.39 is 17.7 Å². The number of likely N-dealkylation sites (tertiary alicyclic amines) is 1. The third-order valence-electron chi connectivity index (χ3n) is 4.07. The van der Waals surface area contributed by atoms with Gasteiger partial charge in [-0.05, 0) is 45.7 Å². The molecule has 2 heterocycles. The number of carbonyl (C=O) groups is 2. The van der Waals surface area contributed by atoms with Gasteiger partial charge in [-0.2, -0.15) is 0 Å². The molecule has 1 aliphatic rings. The van der Waals surface area contributed by atoms with Crippen LogP contribution in [0, 0.1) is 0 Å². The lowest BCUT2D eigenvalue weighted by Gasteiger charge is -2.28. The third kappa shape index (κ3) is 3.90. The van der Waals surface area contributed by atoms with Gasteiger partial charge < -0.3 is 10.1 Å². The lowest BCUT2D eigenvalue weighted by atomic mass is 10.1. The molecule has 2 amide bonds. The van der Waals surface area contributed by atoms with Crippen LogP contribution >= 0.6 is 0 Å². The SMILES string of the molecule is CC(C)(C)OC(=O)N1CCC[C@H]1C(=O)Nc1cccc2cccnc12. The molecule has 0 saturated carbocycles. The third-order valence-corrected chi connectivity index (χ3v) is 4.07. The number of anilines is 1. The second kappa shape index (κ2) is 6.70. The van der Waals surface area contributed by atoms with Crippen LogP contribution < -0.4 is 5.32 Å². The van der Waals surface area contributed by atoms with E-state index in [-0.39, 0.29) is 5.91 Å². The van der Waals surface area contributed by atoms with Crippen LogP contribution in [-0.4, -0.2) is 40.1 Å². The van der Waals surface area contributed by atoms with E-state index in [0.717, 1.165) is 17.3 Å². The van der Waals surface area contributed by atoms with Crippen LogP contribution in [0.2, 0.25) is 0 Å². The number of nitrogens with one attached hydrogen (secondary N) is 1. The number of hydrogen-bond acceptors (Lipinski definition) is 4. The highest BCUT2D eigenvalue weighted by molar-refractivity contribution is 6.03. The first-order valence-electron chi connectivity index (χ1n) is 8.49. The molecular weight excluding hydrogens is 318 g/mol. The summed E-state index contributed by atoms with van der Waals surface area (Å²) < 4.78 is 5.42. The molecule has 0 unspecified atom stereocenters. The topological polar surface area (TPSA) is 71.5 Å². The Morgan fingerprint density at radius 2 is 2.00 bits per heavy atom. The molecular formula is C19H23N3O3. The van der Waals surface area contributed by atoms with Crippen LogP contribution in [0.1, 0.15) is 33.6 Å². The van der Waals surface area contributed by atoms with E-state index in [1.807, 2.05) is 51.1 Å². The van der Waals surface area contributed by atoms with Crippen molar-refractivity contribution in [2.75, 3.05) is 11.9 Å². The fourth-order valence-electron chi connectivity index (χ4n) is 3.00. The monoisotopic (exact) mass is 341 g/mol. The molecule has 1 aliphatic heterocycles. The van der Waals surface area contributed by atoms with Gasteiger partial charge in [-0.1, -0.05) is 18.2 Å². The van der Waals surface area contributed by atoms with Gasteiger partial charge in [0.1, 0.15) is 11.6 Å². The van der Waals surface area contributed by atoms with E-state index in [0.29, 0.717) is 18.7 Å². The van der Waals surface area contributed by atoms with Crippen LogP contribution in [0.5, 0.6) is 0 Å². The van der Waals surface area contributed by atoms with E-state index in [1.165, 1.54) is 4.90 Å². The molecule has 1 N–H and O–H groups in total. The van der Waals surface area contributed by atoms with Crippen LogP contribution in [0.15, 0.2) is 36.5 Å². The van der Waals surface area contributed by atoms with Crippen molar-refractivity contribution in [1.29, 1.82) is 0 Å². The number of ether oxygens (including phenoxy) is 1. The number of pyridine rings is 1. The molecule has 1 aromatic carbocycles. The molecule has 0 spiro atoms. The number of benzene rings is 1. The second-order valence-electron chi connectivity index (χ2n) is 7.20. The Morgan fingerprint density at radius 3 is 2.76 bits per heavy atom. The number of carbonyl (C=O) groups excluding carboxylic acids is 2. The summed E-state index contributed by atoms with van der Waals surface area (Å²) in [6.45, 7) is 5.98. The Balaban J connectivity index is 1.77. The first kappa shape index (κ1) is 17.2. The fraction of sp³-hybridized carbons (Fsp3) is 0.421. The molecule has 0 aliphatic carbocycles. The van der Waals surface area contributed by atoms with Crippen molar-refractivity contribution in [3.63, 3.8) is 0 Å². The summed E-state index contributed by atoms with van der Waals surface area (Å²) in [4.78, 5) is 31.0. The van der Waals surface area contributed by atoms with Crippen LogP contribution in [0.3, 0.4) is 0 Å². The number of nitrogens with zero attached hydrogens (tertiary/aromatic N) is 2. The summed E-state index contributed by atoms with van der Waals surface area (Å²) >= 11 is 0. The molecule has 2 aromatic rings. The van der Waals surface area contributed by atoms with E-state index in [4.69, 9.17) is 4.74 Å². The molecule has 25 heavy (non-hydrogen) atoms. The smallest absolute Gasteiger partial charge is 0.410 e. The summed E-state index contributed by atoms with van der Waals surface area (Å²) in [6, 6.07) is 8.92. The summed E-state index contributed by atoms with van der Waals surface area (Å²) in [5.41, 5.74) is 0.805. The highest BCUT2D eigenvalue weighted by atomic mass is 16.6. The normalized spacial score (nSPS) is 17.6. The number of rotatable bonds is 2. The Morgan fingerprint density at radius 1 is 1.24 bits per heavy atom. The predicted molar refractivity (Wildman–Crippen MR) is 96.3 cm³/mol. The van der Waals surface area contributed by atoms with Crippen molar-refractivity contribution in [2.45, 2.75) is 45.3 Å². The summed E-state index contributed by atoms with van der Waals surface area (Å²) in [5.74, 6) is -0.207. The number of fused-ring (bicyclic) bond motifs is 1. The van der Waals surface area contributed by atoms with Gasteiger partial charge in [0.15, 0.2) is 0 Å². The lowest BCUT2D eigenvalue weighted by molar-refractivity contribution is -0.120. The zero-order valence-corrected chi connectivity index (χ0v) is 14.8. The van der Waals surface area contributed by atoms with E-state index in [9.17, 15) is 9.59 Å². The van der Waals surface area contributed by atoms with Crippen molar-refractivity contribution in [3.8, 4) is 0 Å². The van der Waals surface area contributed by atoms with E-state index in [1.54, 1.807) is 6.20 Å². The molecule has 1 aromatic heterocycles. The van der Waals surface area contributed by atoms with Gasteiger partial charge in [0.25, 0.3) is 0 Å². The molecule has 1 atom stereocenters. The van der Waals surface area contributed by atoms with Gasteiger partial charge in [0.2, 0.25) is 5.91 Å². The standard InChI is InChI=1S/C19H23N3O3/c1-19(2,3)25-18(24)22-12-6-10-15(22)17(23)21-14-9-4-7-13-8-5-11-20-16(13)14/h4-5,7-9,11,15H,6,10,12H2,1-3H3,(H,21,23)/t15-/m0/s1. The average Bonchev–Trinajstić information content (AvgIpc) is 3.03. The molecule has 6 nitrogen and oxygen atoms in total. The first-order valence-corrected chi connectivity index (χ1v) is 8.49. The molecule has 3 rings (SSSR count). The first-order chi connectivity index (χ1) is 11.8. The predicted octanol–water partition coefficient (Wildman–Crippen LogP) is 3.57. The van der Waals surface area contributed by atoms with Gasteiger partial charge in [0.05, 0.1) is 11.2 Å². The van der Waals surface area contributed by atoms with Crippen LogP contribution in [-0.2, 0) is 9.53 Å². The molecule has 0 radical (unpaired) electrons. The zero-order valence-electron chi connectivity index (χ0n) is 14.8. The van der Waals surface area contributed by atoms with Gasteiger partial charge in [-0.15, -0.1) is 0 Å².